The summed E-state index contributed by atoms with van der Waals surface area (Å²) < 4.78 is 18.9. The monoisotopic (exact) mass is 363 g/mol. The Morgan fingerprint density at radius 1 is 1.08 bits per heavy atom. The van der Waals surface area contributed by atoms with Gasteiger partial charge in [0.15, 0.2) is 0 Å². The predicted octanol–water partition coefficient (Wildman–Crippen LogP) is 3.97. The van der Waals surface area contributed by atoms with Crippen molar-refractivity contribution in [2.45, 2.75) is 43.9 Å². The third-order valence-corrected chi connectivity index (χ3v) is 4.88. The van der Waals surface area contributed by atoms with Gasteiger partial charge >= 0.3 is 0 Å². The van der Waals surface area contributed by atoms with Crippen molar-refractivity contribution in [3.63, 3.8) is 0 Å². The molecular formula is C20H23ClFNO2. The molecule has 0 amide bonds. The number of ether oxygens (including phenoxy) is 1. The van der Waals surface area contributed by atoms with E-state index in [1.54, 1.807) is 24.3 Å². The molecule has 0 aliphatic heterocycles. The highest BCUT2D eigenvalue weighted by Gasteiger charge is 2.32. The fourth-order valence-corrected chi connectivity index (χ4v) is 3.36. The minimum atomic E-state index is -0.558. The first-order valence-electron chi connectivity index (χ1n) is 8.70. The normalized spacial score (nSPS) is 23.4. The highest BCUT2D eigenvalue weighted by atomic mass is 35.5. The van der Waals surface area contributed by atoms with E-state index >= 15 is 0 Å². The largest absolute Gasteiger partial charge is 0.488 e. The number of aliphatic hydroxyl groups is 1. The third kappa shape index (κ3) is 5.18. The van der Waals surface area contributed by atoms with E-state index in [1.165, 1.54) is 12.1 Å². The molecule has 5 heteroatoms. The van der Waals surface area contributed by atoms with E-state index in [9.17, 15) is 9.50 Å². The Morgan fingerprint density at radius 2 is 1.80 bits per heavy atom. The molecule has 1 fully saturated rings. The van der Waals surface area contributed by atoms with Gasteiger partial charge in [0.2, 0.25) is 0 Å². The van der Waals surface area contributed by atoms with Gasteiger partial charge in [-0.05, 0) is 74.2 Å². The van der Waals surface area contributed by atoms with Crippen molar-refractivity contribution < 1.29 is 14.2 Å². The number of benzene rings is 2. The van der Waals surface area contributed by atoms with Crippen LogP contribution in [0, 0.1) is 5.82 Å². The fraction of sp³-hybridized carbons (Fsp3) is 0.400. The Balaban J connectivity index is 1.50. The van der Waals surface area contributed by atoms with Crippen LogP contribution in [0.3, 0.4) is 0 Å². The van der Waals surface area contributed by atoms with Gasteiger partial charge in [0, 0.05) is 11.1 Å². The van der Waals surface area contributed by atoms with Gasteiger partial charge in [0.05, 0.1) is 0 Å². The molecule has 0 unspecified atom stereocenters. The SMILES string of the molecule is O[C@@H]1[C@@H](NCCc2ccc(F)cc2)CCC[C@H]1Oc1ccc(Cl)cc1. The van der Waals surface area contributed by atoms with Gasteiger partial charge in [-0.1, -0.05) is 23.7 Å². The molecule has 0 aromatic heterocycles. The molecule has 0 heterocycles. The average Bonchev–Trinajstić information content (AvgIpc) is 2.62. The molecule has 1 aliphatic rings. The Morgan fingerprint density at radius 3 is 2.52 bits per heavy atom. The van der Waals surface area contributed by atoms with Crippen LogP contribution in [0.25, 0.3) is 0 Å². The summed E-state index contributed by atoms with van der Waals surface area (Å²) in [6, 6.07) is 13.7. The Bertz CT molecular complexity index is 662. The summed E-state index contributed by atoms with van der Waals surface area (Å²) in [6.07, 6.45) is 2.77. The smallest absolute Gasteiger partial charge is 0.126 e. The van der Waals surface area contributed by atoms with E-state index in [1.807, 2.05) is 12.1 Å². The summed E-state index contributed by atoms with van der Waals surface area (Å²) in [4.78, 5) is 0. The average molecular weight is 364 g/mol. The molecule has 25 heavy (non-hydrogen) atoms. The zero-order valence-electron chi connectivity index (χ0n) is 14.0. The first kappa shape index (κ1) is 18.2. The lowest BCUT2D eigenvalue weighted by molar-refractivity contribution is -0.0151. The van der Waals surface area contributed by atoms with E-state index in [0.29, 0.717) is 5.02 Å². The molecule has 0 radical (unpaired) electrons. The maximum Gasteiger partial charge on any atom is 0.126 e. The van der Waals surface area contributed by atoms with Gasteiger partial charge in [-0.2, -0.15) is 0 Å². The van der Waals surface area contributed by atoms with Gasteiger partial charge in [-0.15, -0.1) is 0 Å². The van der Waals surface area contributed by atoms with Crippen LogP contribution in [0.4, 0.5) is 4.39 Å². The lowest BCUT2D eigenvalue weighted by Crippen LogP contribution is -2.51. The first-order valence-corrected chi connectivity index (χ1v) is 9.08. The van der Waals surface area contributed by atoms with E-state index in [4.69, 9.17) is 16.3 Å². The molecule has 3 rings (SSSR count). The number of rotatable bonds is 6. The third-order valence-electron chi connectivity index (χ3n) is 4.63. The predicted molar refractivity (Wildman–Crippen MR) is 97.6 cm³/mol. The summed E-state index contributed by atoms with van der Waals surface area (Å²) in [5, 5.41) is 14.7. The van der Waals surface area contributed by atoms with Gasteiger partial charge in [0.1, 0.15) is 23.8 Å². The minimum absolute atomic E-state index is 0.00602. The molecule has 134 valence electrons. The second kappa shape index (κ2) is 8.65. The number of hydrogen-bond acceptors (Lipinski definition) is 3. The molecule has 2 N–H and O–H groups in total. The van der Waals surface area contributed by atoms with Crippen molar-refractivity contribution in [1.82, 2.24) is 5.32 Å². The summed E-state index contributed by atoms with van der Waals surface area (Å²) in [7, 11) is 0. The molecule has 2 aromatic rings. The van der Waals surface area contributed by atoms with Crippen molar-refractivity contribution >= 4 is 11.6 Å². The second-order valence-electron chi connectivity index (χ2n) is 6.47. The number of hydrogen-bond donors (Lipinski definition) is 2. The zero-order chi connectivity index (χ0) is 17.6. The maximum absolute atomic E-state index is 12.9. The lowest BCUT2D eigenvalue weighted by atomic mass is 9.89. The first-order chi connectivity index (χ1) is 12.1. The Labute approximate surface area is 152 Å². The minimum Gasteiger partial charge on any atom is -0.488 e. The second-order valence-corrected chi connectivity index (χ2v) is 6.91. The fourth-order valence-electron chi connectivity index (χ4n) is 3.23. The van der Waals surface area contributed by atoms with Crippen LogP contribution in [0.15, 0.2) is 48.5 Å². The summed E-state index contributed by atoms with van der Waals surface area (Å²) in [6.45, 7) is 0.737. The van der Waals surface area contributed by atoms with Crippen molar-refractivity contribution in [2.24, 2.45) is 0 Å². The zero-order valence-corrected chi connectivity index (χ0v) is 14.8. The van der Waals surface area contributed by atoms with Crippen LogP contribution in [-0.2, 0) is 6.42 Å². The van der Waals surface area contributed by atoms with E-state index in [2.05, 4.69) is 5.32 Å². The molecule has 2 aromatic carbocycles. The van der Waals surface area contributed by atoms with Crippen molar-refractivity contribution in [3.05, 3.63) is 64.9 Å². The number of nitrogens with one attached hydrogen (secondary N) is 1. The highest BCUT2D eigenvalue weighted by Crippen LogP contribution is 2.25. The van der Waals surface area contributed by atoms with Crippen LogP contribution in [0.5, 0.6) is 5.75 Å². The van der Waals surface area contributed by atoms with E-state index in [0.717, 1.165) is 43.5 Å². The number of halogens is 2. The molecule has 0 spiro atoms. The van der Waals surface area contributed by atoms with Crippen LogP contribution < -0.4 is 10.1 Å². The topological polar surface area (TPSA) is 41.5 Å². The van der Waals surface area contributed by atoms with Crippen LogP contribution in [0.2, 0.25) is 5.02 Å². The van der Waals surface area contributed by atoms with Crippen molar-refractivity contribution in [3.8, 4) is 5.75 Å². The summed E-state index contributed by atoms with van der Waals surface area (Å²) in [5.41, 5.74) is 1.08. The molecular weight excluding hydrogens is 341 g/mol. The van der Waals surface area contributed by atoms with Gasteiger partial charge in [-0.3, -0.25) is 0 Å². The van der Waals surface area contributed by atoms with Gasteiger partial charge in [-0.25, -0.2) is 4.39 Å². The van der Waals surface area contributed by atoms with Gasteiger partial charge < -0.3 is 15.2 Å². The van der Waals surface area contributed by atoms with Crippen molar-refractivity contribution in [1.29, 1.82) is 0 Å². The Hall–Kier alpha value is -1.62. The van der Waals surface area contributed by atoms with E-state index < -0.39 is 6.10 Å². The molecule has 0 bridgehead atoms. The molecule has 1 saturated carbocycles. The van der Waals surface area contributed by atoms with Crippen LogP contribution in [0.1, 0.15) is 24.8 Å². The highest BCUT2D eigenvalue weighted by molar-refractivity contribution is 6.30. The molecule has 3 nitrogen and oxygen atoms in total. The standard InChI is InChI=1S/C20H23ClFNO2/c21-15-6-10-17(11-7-15)25-19-3-1-2-18(20(19)24)23-13-12-14-4-8-16(22)9-5-14/h4-11,18-20,23-24H,1-3,12-13H2/t18-,19+,20+/m0/s1. The summed E-state index contributed by atoms with van der Waals surface area (Å²) in [5.74, 6) is 0.502. The quantitative estimate of drug-likeness (QED) is 0.815. The Kier molecular flexibility index (Phi) is 6.29. The molecule has 0 saturated heterocycles. The molecule has 3 atom stereocenters. The maximum atomic E-state index is 12.9. The van der Waals surface area contributed by atoms with E-state index in [-0.39, 0.29) is 18.0 Å². The van der Waals surface area contributed by atoms with Gasteiger partial charge in [0.25, 0.3) is 0 Å². The summed E-state index contributed by atoms with van der Waals surface area (Å²) >= 11 is 5.89. The lowest BCUT2D eigenvalue weighted by Gasteiger charge is -2.35. The van der Waals surface area contributed by atoms with Crippen molar-refractivity contribution in [2.75, 3.05) is 6.54 Å². The van der Waals surface area contributed by atoms with Crippen LogP contribution >= 0.6 is 11.6 Å². The molecule has 1 aliphatic carbocycles. The van der Waals surface area contributed by atoms with Crippen LogP contribution in [-0.4, -0.2) is 29.9 Å². The number of aliphatic hydroxyl groups excluding tert-OH is 1.